The van der Waals surface area contributed by atoms with E-state index in [-0.39, 0.29) is 19.2 Å². The van der Waals surface area contributed by atoms with E-state index in [0.717, 1.165) is 0 Å². The van der Waals surface area contributed by atoms with E-state index in [1.54, 1.807) is 13.8 Å². The maximum atomic E-state index is 12.0. The van der Waals surface area contributed by atoms with Gasteiger partial charge in [0.2, 0.25) is 0 Å². The molecule has 2 aliphatic rings. The lowest BCUT2D eigenvalue weighted by Gasteiger charge is -2.36. The monoisotopic (exact) mass is 308 g/mol. The van der Waals surface area contributed by atoms with Crippen LogP contribution in [0.2, 0.25) is 0 Å². The lowest BCUT2D eigenvalue weighted by molar-refractivity contribution is -0.179. The molecule has 0 aliphatic carbocycles. The number of carbonyl (C=O) groups is 1. The van der Waals surface area contributed by atoms with Crippen LogP contribution in [0.1, 0.15) is 26.7 Å². The van der Waals surface area contributed by atoms with Crippen molar-refractivity contribution in [1.82, 2.24) is 9.03 Å². The van der Waals surface area contributed by atoms with Crippen LogP contribution in [-0.4, -0.2) is 57.0 Å². The van der Waals surface area contributed by atoms with Crippen molar-refractivity contribution in [3.8, 4) is 0 Å². The minimum atomic E-state index is -3.88. The van der Waals surface area contributed by atoms with Gasteiger partial charge in [0.1, 0.15) is 0 Å². The summed E-state index contributed by atoms with van der Waals surface area (Å²) in [6.07, 6.45) is -0.441. The van der Waals surface area contributed by atoms with Crippen LogP contribution in [0, 0.1) is 0 Å². The molecule has 1 amide bonds. The smallest absolute Gasteiger partial charge is 0.422 e. The van der Waals surface area contributed by atoms with Crippen molar-refractivity contribution < 1.29 is 27.4 Å². The van der Waals surface area contributed by atoms with Gasteiger partial charge in [-0.25, -0.2) is 9.52 Å². The van der Waals surface area contributed by atoms with Gasteiger partial charge < -0.3 is 14.2 Å². The molecule has 116 valence electrons. The fourth-order valence-corrected chi connectivity index (χ4v) is 3.31. The Morgan fingerprint density at radius 2 is 1.80 bits per heavy atom. The number of carbonyl (C=O) groups excluding carboxylic acids is 1. The second kappa shape index (κ2) is 5.84. The summed E-state index contributed by atoms with van der Waals surface area (Å²) in [5.41, 5.74) is 0. The van der Waals surface area contributed by atoms with E-state index in [4.69, 9.17) is 14.2 Å². The second-order valence-electron chi connectivity index (χ2n) is 5.07. The van der Waals surface area contributed by atoms with Gasteiger partial charge in [-0.15, -0.1) is 0 Å². The molecule has 2 aliphatic heterocycles. The molecule has 0 unspecified atom stereocenters. The molecule has 0 aromatic heterocycles. The molecule has 0 radical (unpaired) electrons. The SMILES string of the molecule is CC(C)OC(=O)NS(=O)(=O)N1CCC2(CC1)OCCO2. The van der Waals surface area contributed by atoms with Crippen LogP contribution in [0.25, 0.3) is 0 Å². The number of amides is 1. The first-order chi connectivity index (χ1) is 9.33. The van der Waals surface area contributed by atoms with E-state index in [0.29, 0.717) is 26.1 Å². The van der Waals surface area contributed by atoms with Crippen molar-refractivity contribution >= 4 is 16.3 Å². The number of ether oxygens (including phenoxy) is 3. The Morgan fingerprint density at radius 1 is 1.25 bits per heavy atom. The molecule has 2 heterocycles. The Balaban J connectivity index is 1.90. The molecule has 2 fully saturated rings. The summed E-state index contributed by atoms with van der Waals surface area (Å²) < 4.78 is 42.9. The van der Waals surface area contributed by atoms with Crippen molar-refractivity contribution in [3.05, 3.63) is 0 Å². The average Bonchev–Trinajstić information content (AvgIpc) is 2.76. The van der Waals surface area contributed by atoms with Crippen molar-refractivity contribution in [2.45, 2.75) is 38.6 Å². The molecular formula is C11H20N2O6S. The summed E-state index contributed by atoms with van der Waals surface area (Å²) in [4.78, 5) is 11.4. The van der Waals surface area contributed by atoms with Crippen LogP contribution in [0.4, 0.5) is 4.79 Å². The molecule has 0 atom stereocenters. The molecule has 8 nitrogen and oxygen atoms in total. The summed E-state index contributed by atoms with van der Waals surface area (Å²) in [5, 5.41) is 0. The molecule has 0 saturated carbocycles. The third-order valence-electron chi connectivity index (χ3n) is 3.19. The Hall–Kier alpha value is -0.900. The molecule has 2 rings (SSSR count). The minimum Gasteiger partial charge on any atom is -0.446 e. The van der Waals surface area contributed by atoms with Crippen LogP contribution < -0.4 is 4.72 Å². The molecule has 0 bridgehead atoms. The maximum absolute atomic E-state index is 12.0. The number of nitrogens with zero attached hydrogens (tertiary/aromatic N) is 1. The summed E-state index contributed by atoms with van der Waals surface area (Å²) in [5.74, 6) is -0.648. The summed E-state index contributed by atoms with van der Waals surface area (Å²) in [6, 6.07) is 0. The second-order valence-corrected chi connectivity index (χ2v) is 6.74. The number of rotatable bonds is 3. The normalized spacial score (nSPS) is 23.1. The van der Waals surface area contributed by atoms with E-state index < -0.39 is 22.1 Å². The highest BCUT2D eigenvalue weighted by atomic mass is 32.2. The van der Waals surface area contributed by atoms with Gasteiger partial charge in [-0.2, -0.15) is 12.7 Å². The zero-order valence-corrected chi connectivity index (χ0v) is 12.4. The van der Waals surface area contributed by atoms with Crippen LogP contribution in [-0.2, 0) is 24.4 Å². The van der Waals surface area contributed by atoms with E-state index >= 15 is 0 Å². The largest absolute Gasteiger partial charge is 0.446 e. The quantitative estimate of drug-likeness (QED) is 0.800. The van der Waals surface area contributed by atoms with Crippen molar-refractivity contribution in [2.24, 2.45) is 0 Å². The fourth-order valence-electron chi connectivity index (χ4n) is 2.26. The Morgan fingerprint density at radius 3 is 2.30 bits per heavy atom. The van der Waals surface area contributed by atoms with Crippen LogP contribution in [0.3, 0.4) is 0 Å². The van der Waals surface area contributed by atoms with Crippen LogP contribution in [0.5, 0.6) is 0 Å². The first-order valence-corrected chi connectivity index (χ1v) is 8.03. The molecule has 9 heteroatoms. The third-order valence-corrected chi connectivity index (χ3v) is 4.66. The van der Waals surface area contributed by atoms with E-state index in [9.17, 15) is 13.2 Å². The van der Waals surface area contributed by atoms with Crippen LogP contribution >= 0.6 is 0 Å². The average molecular weight is 308 g/mol. The van der Waals surface area contributed by atoms with Crippen molar-refractivity contribution in [1.29, 1.82) is 0 Å². The zero-order valence-electron chi connectivity index (χ0n) is 11.6. The predicted molar refractivity (Wildman–Crippen MR) is 69.1 cm³/mol. The molecule has 0 aromatic carbocycles. The highest BCUT2D eigenvalue weighted by molar-refractivity contribution is 7.87. The number of piperidine rings is 1. The summed E-state index contributed by atoms with van der Waals surface area (Å²) in [7, 11) is -3.88. The van der Waals surface area contributed by atoms with Gasteiger partial charge in [0.15, 0.2) is 5.79 Å². The Bertz CT molecular complexity index is 448. The van der Waals surface area contributed by atoms with Gasteiger partial charge in [-0.3, -0.25) is 0 Å². The van der Waals surface area contributed by atoms with Gasteiger partial charge in [0.25, 0.3) is 0 Å². The summed E-state index contributed by atoms with van der Waals surface area (Å²) in [6.45, 7) is 4.84. The number of hydrogen-bond donors (Lipinski definition) is 1. The Kier molecular flexibility index (Phi) is 4.52. The first-order valence-electron chi connectivity index (χ1n) is 6.59. The number of nitrogens with one attached hydrogen (secondary N) is 1. The number of hydrogen-bond acceptors (Lipinski definition) is 6. The lowest BCUT2D eigenvalue weighted by Crippen LogP contribution is -2.51. The fraction of sp³-hybridized carbons (Fsp3) is 0.909. The zero-order chi connectivity index (χ0) is 14.8. The van der Waals surface area contributed by atoms with Gasteiger partial charge >= 0.3 is 16.3 Å². The highest BCUT2D eigenvalue weighted by Gasteiger charge is 2.42. The van der Waals surface area contributed by atoms with Gasteiger partial charge in [-0.05, 0) is 13.8 Å². The van der Waals surface area contributed by atoms with Gasteiger partial charge in [0, 0.05) is 25.9 Å². The van der Waals surface area contributed by atoms with E-state index in [2.05, 4.69) is 0 Å². The third kappa shape index (κ3) is 3.60. The van der Waals surface area contributed by atoms with E-state index in [1.807, 2.05) is 4.72 Å². The molecule has 20 heavy (non-hydrogen) atoms. The molecular weight excluding hydrogens is 288 g/mol. The molecule has 2 saturated heterocycles. The standard InChI is InChI=1S/C11H20N2O6S/c1-9(2)19-10(14)12-20(15,16)13-5-3-11(4-6-13)17-7-8-18-11/h9H,3-8H2,1-2H3,(H,12,14). The maximum Gasteiger partial charge on any atom is 0.422 e. The van der Waals surface area contributed by atoms with Crippen molar-refractivity contribution in [2.75, 3.05) is 26.3 Å². The lowest BCUT2D eigenvalue weighted by atomic mass is 10.1. The summed E-state index contributed by atoms with van der Waals surface area (Å²) >= 11 is 0. The Labute approximate surface area is 118 Å². The van der Waals surface area contributed by atoms with Crippen LogP contribution in [0.15, 0.2) is 0 Å². The van der Waals surface area contributed by atoms with Gasteiger partial charge in [-0.1, -0.05) is 0 Å². The minimum absolute atomic E-state index is 0.240. The topological polar surface area (TPSA) is 94.2 Å². The van der Waals surface area contributed by atoms with Crippen molar-refractivity contribution in [3.63, 3.8) is 0 Å². The first kappa shape index (κ1) is 15.5. The predicted octanol–water partition coefficient (Wildman–Crippen LogP) is 0.205. The molecule has 0 aromatic rings. The molecule has 1 N–H and O–H groups in total. The molecule has 1 spiro atoms. The highest BCUT2D eigenvalue weighted by Crippen LogP contribution is 2.31. The van der Waals surface area contributed by atoms with E-state index in [1.165, 1.54) is 4.31 Å². The van der Waals surface area contributed by atoms with Gasteiger partial charge in [0.05, 0.1) is 19.3 Å².